The fourth-order valence-electron chi connectivity index (χ4n) is 3.55. The standard InChI is InChI=1S/C21H24N6O4S2/c1-15-5-6-16(13-19(15)33(30,31)26-11-3-2-4-12-26)22-20(29)14-32-21-23-24-25-27(21)17-7-9-18(28)10-8-17/h5-10,13,28H,2-4,11-12,14H2,1H3,(H,22,29). The molecule has 3 aromatic rings. The predicted molar refractivity (Wildman–Crippen MR) is 124 cm³/mol. The lowest BCUT2D eigenvalue weighted by Gasteiger charge is -2.26. The molecule has 1 saturated heterocycles. The van der Waals surface area contributed by atoms with Crippen molar-refractivity contribution in [1.29, 1.82) is 0 Å². The van der Waals surface area contributed by atoms with Gasteiger partial charge in [0.15, 0.2) is 0 Å². The van der Waals surface area contributed by atoms with E-state index in [4.69, 9.17) is 0 Å². The molecular weight excluding hydrogens is 464 g/mol. The quantitative estimate of drug-likeness (QED) is 0.485. The summed E-state index contributed by atoms with van der Waals surface area (Å²) >= 11 is 1.14. The third-order valence-corrected chi connectivity index (χ3v) is 8.23. The van der Waals surface area contributed by atoms with Crippen molar-refractivity contribution in [1.82, 2.24) is 24.5 Å². The highest BCUT2D eigenvalue weighted by molar-refractivity contribution is 7.99. The molecule has 0 aliphatic carbocycles. The van der Waals surface area contributed by atoms with Gasteiger partial charge in [-0.3, -0.25) is 4.79 Å². The zero-order chi connectivity index (χ0) is 23.4. The number of sulfonamides is 1. The van der Waals surface area contributed by atoms with Crippen LogP contribution in [0.25, 0.3) is 5.69 Å². The van der Waals surface area contributed by atoms with E-state index in [2.05, 4.69) is 20.8 Å². The molecule has 0 atom stereocenters. The van der Waals surface area contributed by atoms with E-state index in [1.807, 2.05) is 0 Å². The zero-order valence-corrected chi connectivity index (χ0v) is 19.6. The number of anilines is 1. The van der Waals surface area contributed by atoms with Crippen molar-refractivity contribution < 1.29 is 18.3 Å². The Hall–Kier alpha value is -2.96. The summed E-state index contributed by atoms with van der Waals surface area (Å²) < 4.78 is 29.2. The number of tetrazole rings is 1. The van der Waals surface area contributed by atoms with Crippen LogP contribution in [0.5, 0.6) is 5.75 Å². The molecule has 2 heterocycles. The Balaban J connectivity index is 1.43. The van der Waals surface area contributed by atoms with Crippen LogP contribution >= 0.6 is 11.8 Å². The van der Waals surface area contributed by atoms with Gasteiger partial charge in [-0.1, -0.05) is 24.2 Å². The van der Waals surface area contributed by atoms with Crippen molar-refractivity contribution in [3.05, 3.63) is 48.0 Å². The number of nitrogens with one attached hydrogen (secondary N) is 1. The van der Waals surface area contributed by atoms with Crippen LogP contribution in [0.2, 0.25) is 0 Å². The molecule has 2 aromatic carbocycles. The van der Waals surface area contributed by atoms with Crippen LogP contribution < -0.4 is 5.32 Å². The van der Waals surface area contributed by atoms with Crippen molar-refractivity contribution in [2.24, 2.45) is 0 Å². The SMILES string of the molecule is Cc1ccc(NC(=O)CSc2nnnn2-c2ccc(O)cc2)cc1S(=O)(=O)N1CCCCC1. The number of hydrogen-bond acceptors (Lipinski definition) is 8. The van der Waals surface area contributed by atoms with Gasteiger partial charge in [0.25, 0.3) is 0 Å². The van der Waals surface area contributed by atoms with Gasteiger partial charge in [-0.25, -0.2) is 8.42 Å². The average molecular weight is 489 g/mol. The van der Waals surface area contributed by atoms with Crippen LogP contribution in [0.4, 0.5) is 5.69 Å². The zero-order valence-electron chi connectivity index (χ0n) is 18.0. The Morgan fingerprint density at radius 2 is 1.85 bits per heavy atom. The fourth-order valence-corrected chi connectivity index (χ4v) is 6.01. The Morgan fingerprint density at radius 3 is 2.58 bits per heavy atom. The summed E-state index contributed by atoms with van der Waals surface area (Å²) in [5, 5.41) is 24.1. The summed E-state index contributed by atoms with van der Waals surface area (Å²) in [6.45, 7) is 2.79. The summed E-state index contributed by atoms with van der Waals surface area (Å²) in [5.74, 6) is -0.161. The molecule has 174 valence electrons. The second-order valence-corrected chi connectivity index (χ2v) is 10.5. The first-order valence-electron chi connectivity index (χ1n) is 10.5. The molecule has 1 aromatic heterocycles. The molecule has 0 saturated carbocycles. The number of phenols is 1. The summed E-state index contributed by atoms with van der Waals surface area (Å²) in [6, 6.07) is 11.3. The van der Waals surface area contributed by atoms with Crippen LogP contribution in [0, 0.1) is 6.92 Å². The van der Waals surface area contributed by atoms with Gasteiger partial charge in [-0.2, -0.15) is 8.99 Å². The number of aryl methyl sites for hydroxylation is 1. The first kappa shape index (κ1) is 23.2. The van der Waals surface area contributed by atoms with E-state index < -0.39 is 10.0 Å². The highest BCUT2D eigenvalue weighted by Gasteiger charge is 2.27. The fraction of sp³-hybridized carbons (Fsp3) is 0.333. The number of nitrogens with zero attached hydrogens (tertiary/aromatic N) is 5. The van der Waals surface area contributed by atoms with Crippen LogP contribution in [0.15, 0.2) is 52.5 Å². The maximum atomic E-state index is 13.1. The first-order chi connectivity index (χ1) is 15.8. The molecule has 0 bridgehead atoms. The molecule has 0 unspecified atom stereocenters. The highest BCUT2D eigenvalue weighted by Crippen LogP contribution is 2.26. The molecule has 0 radical (unpaired) electrons. The topological polar surface area (TPSA) is 130 Å². The van der Waals surface area contributed by atoms with Crippen molar-refractivity contribution in [3.8, 4) is 11.4 Å². The number of thioether (sulfide) groups is 1. The average Bonchev–Trinajstić information content (AvgIpc) is 3.28. The number of hydrogen-bond donors (Lipinski definition) is 2. The number of carbonyl (C=O) groups is 1. The normalized spacial score (nSPS) is 14.8. The van der Waals surface area contributed by atoms with Gasteiger partial charge in [0, 0.05) is 18.8 Å². The molecule has 1 aliphatic rings. The number of rotatable bonds is 7. The third kappa shape index (κ3) is 5.34. The minimum atomic E-state index is -3.61. The van der Waals surface area contributed by atoms with Crippen LogP contribution in [-0.2, 0) is 14.8 Å². The molecule has 2 N–H and O–H groups in total. The Bertz CT molecular complexity index is 1240. The highest BCUT2D eigenvalue weighted by atomic mass is 32.2. The molecule has 12 heteroatoms. The second-order valence-electron chi connectivity index (χ2n) is 7.67. The molecule has 1 fully saturated rings. The lowest BCUT2D eigenvalue weighted by molar-refractivity contribution is -0.113. The van der Waals surface area contributed by atoms with E-state index in [9.17, 15) is 18.3 Å². The maximum Gasteiger partial charge on any atom is 0.243 e. The number of piperidine rings is 1. The molecule has 1 amide bonds. The number of carbonyl (C=O) groups excluding carboxylic acids is 1. The largest absolute Gasteiger partial charge is 0.508 e. The molecule has 4 rings (SSSR count). The van der Waals surface area contributed by atoms with E-state index in [1.165, 1.54) is 27.2 Å². The van der Waals surface area contributed by atoms with Crippen LogP contribution in [-0.4, -0.2) is 62.8 Å². The van der Waals surface area contributed by atoms with Crippen molar-refractivity contribution >= 4 is 33.4 Å². The summed E-state index contributed by atoms with van der Waals surface area (Å²) in [5.41, 5.74) is 1.70. The number of aromatic nitrogens is 4. The van der Waals surface area contributed by atoms with Crippen LogP contribution in [0.3, 0.4) is 0 Å². The summed E-state index contributed by atoms with van der Waals surface area (Å²) in [7, 11) is -3.61. The van der Waals surface area contributed by atoms with E-state index in [-0.39, 0.29) is 22.3 Å². The maximum absolute atomic E-state index is 13.1. The second kappa shape index (κ2) is 9.89. The number of phenolic OH excluding ortho intramolecular Hbond substituents is 1. The molecule has 10 nitrogen and oxygen atoms in total. The Kier molecular flexibility index (Phi) is 6.96. The van der Waals surface area contributed by atoms with Gasteiger partial charge in [0.05, 0.1) is 16.3 Å². The van der Waals surface area contributed by atoms with Crippen molar-refractivity contribution in [3.63, 3.8) is 0 Å². The minimum Gasteiger partial charge on any atom is -0.508 e. The van der Waals surface area contributed by atoms with E-state index in [0.717, 1.165) is 31.0 Å². The van der Waals surface area contributed by atoms with E-state index >= 15 is 0 Å². The Morgan fingerprint density at radius 1 is 1.12 bits per heavy atom. The van der Waals surface area contributed by atoms with Gasteiger partial charge in [0.1, 0.15) is 5.75 Å². The van der Waals surface area contributed by atoms with Crippen molar-refractivity contribution in [2.75, 3.05) is 24.2 Å². The van der Waals surface area contributed by atoms with Gasteiger partial charge in [-0.05, 0) is 72.2 Å². The monoisotopic (exact) mass is 488 g/mol. The summed E-state index contributed by atoms with van der Waals surface area (Å²) in [6.07, 6.45) is 2.75. The lowest BCUT2D eigenvalue weighted by atomic mass is 10.2. The number of benzene rings is 2. The minimum absolute atomic E-state index is 0.0283. The van der Waals surface area contributed by atoms with Gasteiger partial charge < -0.3 is 10.4 Å². The number of aromatic hydroxyl groups is 1. The molecule has 33 heavy (non-hydrogen) atoms. The molecule has 0 spiro atoms. The predicted octanol–water partition coefficient (Wildman–Crippen LogP) is 2.58. The van der Waals surface area contributed by atoms with E-state index in [0.29, 0.717) is 35.2 Å². The van der Waals surface area contributed by atoms with E-state index in [1.54, 1.807) is 31.2 Å². The van der Waals surface area contributed by atoms with Gasteiger partial charge >= 0.3 is 0 Å². The third-order valence-electron chi connectivity index (χ3n) is 5.27. The molecule has 1 aliphatic heterocycles. The molecular formula is C21H24N6O4S2. The summed E-state index contributed by atoms with van der Waals surface area (Å²) in [4.78, 5) is 12.8. The van der Waals surface area contributed by atoms with Crippen LogP contribution in [0.1, 0.15) is 24.8 Å². The Labute approximate surface area is 196 Å². The number of amides is 1. The first-order valence-corrected chi connectivity index (χ1v) is 12.9. The van der Waals surface area contributed by atoms with Gasteiger partial charge in [0.2, 0.25) is 21.1 Å². The smallest absolute Gasteiger partial charge is 0.243 e. The lowest BCUT2D eigenvalue weighted by Crippen LogP contribution is -2.36. The van der Waals surface area contributed by atoms with Gasteiger partial charge in [-0.15, -0.1) is 5.10 Å². The van der Waals surface area contributed by atoms with Crippen molar-refractivity contribution in [2.45, 2.75) is 36.2 Å².